The highest BCUT2D eigenvalue weighted by Gasteiger charge is 2.09. The van der Waals surface area contributed by atoms with Crippen LogP contribution in [0.2, 0.25) is 0 Å². The van der Waals surface area contributed by atoms with E-state index in [9.17, 15) is 0 Å². The van der Waals surface area contributed by atoms with Crippen LogP contribution in [0.4, 0.5) is 0 Å². The first-order valence-corrected chi connectivity index (χ1v) is 6.14. The van der Waals surface area contributed by atoms with E-state index in [0.717, 1.165) is 11.4 Å². The molecule has 3 aromatic heterocycles. The third-order valence-corrected chi connectivity index (χ3v) is 2.67. The number of hydrogen-bond acceptors (Lipinski definition) is 7. The zero-order chi connectivity index (χ0) is 13.8. The second-order valence-corrected chi connectivity index (χ2v) is 4.21. The van der Waals surface area contributed by atoms with Gasteiger partial charge >= 0.3 is 0 Å². The van der Waals surface area contributed by atoms with Gasteiger partial charge in [0.1, 0.15) is 6.54 Å². The average Bonchev–Trinajstić information content (AvgIpc) is 3.10. The third-order valence-electron chi connectivity index (χ3n) is 2.67. The van der Waals surface area contributed by atoms with Gasteiger partial charge in [-0.15, -0.1) is 5.10 Å². The molecule has 20 heavy (non-hydrogen) atoms. The summed E-state index contributed by atoms with van der Waals surface area (Å²) in [6.45, 7) is 0.733. The number of nitrogens with two attached hydrogens (primary N) is 1. The van der Waals surface area contributed by atoms with Crippen LogP contribution >= 0.6 is 0 Å². The van der Waals surface area contributed by atoms with E-state index in [1.807, 2.05) is 18.2 Å². The lowest BCUT2D eigenvalue weighted by Crippen LogP contribution is -2.01. The van der Waals surface area contributed by atoms with Crippen molar-refractivity contribution in [3.8, 4) is 0 Å². The second-order valence-electron chi connectivity index (χ2n) is 4.21. The number of pyridine rings is 1. The Morgan fingerprint density at radius 3 is 2.95 bits per heavy atom. The van der Waals surface area contributed by atoms with E-state index in [1.165, 1.54) is 0 Å². The van der Waals surface area contributed by atoms with Crippen LogP contribution in [0.5, 0.6) is 0 Å². The molecule has 3 aromatic rings. The molecule has 0 unspecified atom stereocenters. The summed E-state index contributed by atoms with van der Waals surface area (Å²) in [7, 11) is 0. The number of nitrogens with zero attached hydrogens (tertiary/aromatic N) is 6. The van der Waals surface area contributed by atoms with Crippen molar-refractivity contribution in [3.63, 3.8) is 0 Å². The predicted molar refractivity (Wildman–Crippen MR) is 68.4 cm³/mol. The highest BCUT2D eigenvalue weighted by Crippen LogP contribution is 2.05. The van der Waals surface area contributed by atoms with Gasteiger partial charge in [0.05, 0.1) is 18.3 Å². The smallest absolute Gasteiger partial charge is 0.248 e. The molecule has 0 aliphatic heterocycles. The van der Waals surface area contributed by atoms with Crippen LogP contribution in [0, 0.1) is 0 Å². The van der Waals surface area contributed by atoms with Crippen LogP contribution in [0.25, 0.3) is 0 Å². The topological polar surface area (TPSA) is 109 Å². The van der Waals surface area contributed by atoms with Gasteiger partial charge < -0.3 is 10.3 Å². The van der Waals surface area contributed by atoms with Gasteiger partial charge in [-0.25, -0.2) is 4.68 Å². The standard InChI is InChI=1S/C12H13N7O/c13-6-10-7-19(18-16-10)8-12-15-11(17-20-12)5-9-3-1-2-4-14-9/h1-4,7H,5-6,8,13H2. The van der Waals surface area contributed by atoms with Gasteiger partial charge in [0, 0.05) is 18.4 Å². The molecule has 2 N–H and O–H groups in total. The molecule has 8 nitrogen and oxygen atoms in total. The maximum Gasteiger partial charge on any atom is 0.248 e. The van der Waals surface area contributed by atoms with Gasteiger partial charge in [-0.05, 0) is 12.1 Å². The zero-order valence-corrected chi connectivity index (χ0v) is 10.7. The Hall–Kier alpha value is -2.61. The van der Waals surface area contributed by atoms with Crippen molar-refractivity contribution >= 4 is 0 Å². The maximum absolute atomic E-state index is 5.47. The maximum atomic E-state index is 5.47. The fourth-order valence-electron chi connectivity index (χ4n) is 1.74. The van der Waals surface area contributed by atoms with E-state index in [-0.39, 0.29) is 0 Å². The molecule has 0 bridgehead atoms. The summed E-state index contributed by atoms with van der Waals surface area (Å²) < 4.78 is 6.79. The van der Waals surface area contributed by atoms with E-state index in [0.29, 0.717) is 31.2 Å². The minimum atomic E-state index is 0.356. The lowest BCUT2D eigenvalue weighted by Gasteiger charge is -1.93. The van der Waals surface area contributed by atoms with Crippen molar-refractivity contribution in [2.45, 2.75) is 19.5 Å². The van der Waals surface area contributed by atoms with Gasteiger partial charge in [0.2, 0.25) is 5.89 Å². The minimum absolute atomic E-state index is 0.356. The van der Waals surface area contributed by atoms with Crippen LogP contribution in [0.3, 0.4) is 0 Å². The first kappa shape index (κ1) is 12.4. The van der Waals surface area contributed by atoms with Crippen molar-refractivity contribution < 1.29 is 4.52 Å². The molecule has 0 radical (unpaired) electrons. The largest absolute Gasteiger partial charge is 0.337 e. The number of aromatic nitrogens is 6. The quantitative estimate of drug-likeness (QED) is 0.703. The van der Waals surface area contributed by atoms with Gasteiger partial charge in [0.15, 0.2) is 5.82 Å². The third kappa shape index (κ3) is 2.86. The fraction of sp³-hybridized carbons (Fsp3) is 0.250. The molecule has 0 spiro atoms. The summed E-state index contributed by atoms with van der Waals surface area (Å²) >= 11 is 0. The first-order chi connectivity index (χ1) is 9.83. The first-order valence-electron chi connectivity index (χ1n) is 6.14. The molecule has 0 saturated carbocycles. The highest BCUT2D eigenvalue weighted by atomic mass is 16.5. The summed E-state index contributed by atoms with van der Waals surface area (Å²) in [6, 6.07) is 5.71. The van der Waals surface area contributed by atoms with Crippen molar-refractivity contribution in [1.82, 2.24) is 30.1 Å². The Balaban J connectivity index is 1.67. The molecule has 8 heteroatoms. The van der Waals surface area contributed by atoms with Gasteiger partial charge in [-0.1, -0.05) is 16.4 Å². The van der Waals surface area contributed by atoms with Crippen LogP contribution in [-0.4, -0.2) is 30.1 Å². The fourth-order valence-corrected chi connectivity index (χ4v) is 1.74. The molecular formula is C12H13N7O. The molecule has 0 amide bonds. The van der Waals surface area contributed by atoms with E-state index in [4.69, 9.17) is 10.3 Å². The lowest BCUT2D eigenvalue weighted by atomic mass is 10.2. The molecule has 3 rings (SSSR count). The van der Waals surface area contributed by atoms with Crippen LogP contribution < -0.4 is 5.73 Å². The zero-order valence-electron chi connectivity index (χ0n) is 10.7. The number of hydrogen-bond donors (Lipinski definition) is 1. The molecule has 0 aliphatic rings. The summed E-state index contributed by atoms with van der Waals surface area (Å²) in [5.41, 5.74) is 7.09. The molecule has 0 atom stereocenters. The van der Waals surface area contributed by atoms with E-state index < -0.39 is 0 Å². The Bertz CT molecular complexity index is 676. The summed E-state index contributed by atoms with van der Waals surface area (Å²) in [6.07, 6.45) is 4.03. The van der Waals surface area contributed by atoms with Crippen molar-refractivity contribution in [1.29, 1.82) is 0 Å². The second kappa shape index (κ2) is 5.57. The van der Waals surface area contributed by atoms with Gasteiger partial charge in [-0.3, -0.25) is 4.98 Å². The van der Waals surface area contributed by atoms with E-state index in [1.54, 1.807) is 17.1 Å². The molecule has 102 valence electrons. The summed E-state index contributed by atoms with van der Waals surface area (Å²) in [5, 5.41) is 11.7. The van der Waals surface area contributed by atoms with Crippen molar-refractivity contribution in [3.05, 3.63) is 53.7 Å². The molecule has 3 heterocycles. The normalized spacial score (nSPS) is 10.8. The van der Waals surface area contributed by atoms with Crippen LogP contribution in [0.1, 0.15) is 23.1 Å². The lowest BCUT2D eigenvalue weighted by molar-refractivity contribution is 0.360. The van der Waals surface area contributed by atoms with Crippen LogP contribution in [-0.2, 0) is 19.5 Å². The van der Waals surface area contributed by atoms with Crippen molar-refractivity contribution in [2.75, 3.05) is 0 Å². The number of rotatable bonds is 5. The van der Waals surface area contributed by atoms with Crippen molar-refractivity contribution in [2.24, 2.45) is 5.73 Å². The minimum Gasteiger partial charge on any atom is -0.337 e. The molecule has 0 saturated heterocycles. The van der Waals surface area contributed by atoms with E-state index >= 15 is 0 Å². The Morgan fingerprint density at radius 2 is 2.20 bits per heavy atom. The van der Waals surface area contributed by atoms with Crippen LogP contribution in [0.15, 0.2) is 35.1 Å². The summed E-state index contributed by atoms with van der Waals surface area (Å²) in [4.78, 5) is 8.52. The monoisotopic (exact) mass is 271 g/mol. The Morgan fingerprint density at radius 1 is 1.25 bits per heavy atom. The SMILES string of the molecule is NCc1cn(Cc2nc(Cc3ccccn3)no2)nn1. The molecule has 0 aliphatic carbocycles. The van der Waals surface area contributed by atoms with Gasteiger partial charge in [0.25, 0.3) is 0 Å². The Kier molecular flexibility index (Phi) is 3.46. The molecular weight excluding hydrogens is 258 g/mol. The highest BCUT2D eigenvalue weighted by molar-refractivity contribution is 5.09. The van der Waals surface area contributed by atoms with E-state index in [2.05, 4.69) is 25.4 Å². The predicted octanol–water partition coefficient (Wildman–Crippen LogP) is 0.154. The molecule has 0 aromatic carbocycles. The Labute approximate surface area is 114 Å². The van der Waals surface area contributed by atoms with Gasteiger partial charge in [-0.2, -0.15) is 4.98 Å². The summed E-state index contributed by atoms with van der Waals surface area (Å²) in [5.74, 6) is 1.07. The average molecular weight is 271 g/mol. The molecule has 0 fully saturated rings.